The van der Waals surface area contributed by atoms with Crippen LogP contribution in [0.25, 0.3) is 0 Å². The van der Waals surface area contributed by atoms with Gasteiger partial charge in [0.05, 0.1) is 0 Å². The summed E-state index contributed by atoms with van der Waals surface area (Å²) in [6, 6.07) is 8.65. The number of thioether (sulfide) groups is 1. The summed E-state index contributed by atoms with van der Waals surface area (Å²) in [5.74, 6) is 1.88. The summed E-state index contributed by atoms with van der Waals surface area (Å²) in [5.41, 5.74) is 1.30. The van der Waals surface area contributed by atoms with Crippen molar-refractivity contribution in [2.75, 3.05) is 59.7 Å². The van der Waals surface area contributed by atoms with Gasteiger partial charge in [0.15, 0.2) is 5.96 Å². The highest BCUT2D eigenvalue weighted by Crippen LogP contribution is 2.17. The van der Waals surface area contributed by atoms with Gasteiger partial charge in [-0.3, -0.25) is 4.99 Å². The van der Waals surface area contributed by atoms with E-state index in [9.17, 15) is 0 Å². The highest BCUT2D eigenvalue weighted by atomic mass is 32.2. The first-order chi connectivity index (χ1) is 11.7. The minimum Gasteiger partial charge on any atom is -0.385 e. The summed E-state index contributed by atoms with van der Waals surface area (Å²) in [4.78, 5) is 7.87. The van der Waals surface area contributed by atoms with Crippen molar-refractivity contribution in [1.82, 2.24) is 15.5 Å². The van der Waals surface area contributed by atoms with Crippen LogP contribution in [0.1, 0.15) is 12.0 Å². The number of ether oxygens (including phenoxy) is 1. The topological polar surface area (TPSA) is 48.9 Å². The van der Waals surface area contributed by atoms with Crippen molar-refractivity contribution in [2.45, 2.75) is 18.2 Å². The van der Waals surface area contributed by atoms with E-state index in [1.165, 1.54) is 10.5 Å². The molecule has 0 aliphatic heterocycles. The fourth-order valence-electron chi connectivity index (χ4n) is 2.15. The molecule has 0 aromatic heterocycles. The van der Waals surface area contributed by atoms with E-state index < -0.39 is 0 Å². The molecule has 0 saturated carbocycles. The van der Waals surface area contributed by atoms with Crippen LogP contribution in [-0.4, -0.2) is 70.6 Å². The molecule has 0 heterocycles. The second-order valence-electron chi connectivity index (χ2n) is 5.74. The van der Waals surface area contributed by atoms with Gasteiger partial charge in [-0.25, -0.2) is 0 Å². The molecule has 0 aliphatic carbocycles. The molecule has 0 spiro atoms. The van der Waals surface area contributed by atoms with E-state index >= 15 is 0 Å². The van der Waals surface area contributed by atoms with E-state index in [1.54, 1.807) is 7.11 Å². The maximum atomic E-state index is 5.07. The zero-order valence-electron chi connectivity index (χ0n) is 15.5. The Bertz CT molecular complexity index is 465. The SMILES string of the molecule is CN=C(NCCSc1ccc(C)cc1)NCCN(C)CCCOC. The summed E-state index contributed by atoms with van der Waals surface area (Å²) >= 11 is 1.86. The van der Waals surface area contributed by atoms with Crippen LogP contribution in [0.2, 0.25) is 0 Å². The van der Waals surface area contributed by atoms with Crippen molar-refractivity contribution in [1.29, 1.82) is 0 Å². The van der Waals surface area contributed by atoms with Crippen molar-refractivity contribution < 1.29 is 4.74 Å². The minimum atomic E-state index is 0.819. The summed E-state index contributed by atoms with van der Waals surface area (Å²) in [7, 11) is 5.69. The molecule has 5 nitrogen and oxygen atoms in total. The Kier molecular flexibility index (Phi) is 11.4. The maximum Gasteiger partial charge on any atom is 0.191 e. The Morgan fingerprint density at radius 2 is 1.88 bits per heavy atom. The van der Waals surface area contributed by atoms with Gasteiger partial charge in [-0.2, -0.15) is 0 Å². The van der Waals surface area contributed by atoms with Gasteiger partial charge in [-0.15, -0.1) is 11.8 Å². The number of guanidine groups is 1. The zero-order valence-corrected chi connectivity index (χ0v) is 16.3. The molecule has 24 heavy (non-hydrogen) atoms. The van der Waals surface area contributed by atoms with Crippen LogP contribution in [0.15, 0.2) is 34.2 Å². The monoisotopic (exact) mass is 352 g/mol. The number of aliphatic imine (C=N–C) groups is 1. The molecule has 0 atom stereocenters. The molecular formula is C18H32N4OS. The Labute approximate surface area is 151 Å². The molecule has 136 valence electrons. The van der Waals surface area contributed by atoms with Crippen LogP contribution in [0, 0.1) is 6.92 Å². The first-order valence-electron chi connectivity index (χ1n) is 8.47. The van der Waals surface area contributed by atoms with Crippen LogP contribution < -0.4 is 10.6 Å². The standard InChI is InChI=1S/C18H32N4OS/c1-16-6-8-17(9-7-16)24-15-11-21-18(19-2)20-10-13-22(3)12-5-14-23-4/h6-9H,5,10-15H2,1-4H3,(H2,19,20,21). The lowest BCUT2D eigenvalue weighted by atomic mass is 10.2. The molecular weight excluding hydrogens is 320 g/mol. The van der Waals surface area contributed by atoms with Gasteiger partial charge in [0.2, 0.25) is 0 Å². The third-order valence-electron chi connectivity index (χ3n) is 3.58. The Balaban J connectivity index is 2.11. The molecule has 0 amide bonds. The molecule has 0 fully saturated rings. The number of hydrogen-bond acceptors (Lipinski definition) is 4. The molecule has 0 bridgehead atoms. The minimum absolute atomic E-state index is 0.819. The summed E-state index contributed by atoms with van der Waals surface area (Å²) < 4.78 is 5.07. The lowest BCUT2D eigenvalue weighted by molar-refractivity contribution is 0.180. The van der Waals surface area contributed by atoms with E-state index in [2.05, 4.69) is 58.8 Å². The van der Waals surface area contributed by atoms with Crippen LogP contribution in [0.3, 0.4) is 0 Å². The number of nitrogens with one attached hydrogen (secondary N) is 2. The van der Waals surface area contributed by atoms with Crippen LogP contribution in [0.4, 0.5) is 0 Å². The number of methoxy groups -OCH3 is 1. The Morgan fingerprint density at radius 1 is 1.17 bits per heavy atom. The highest BCUT2D eigenvalue weighted by Gasteiger charge is 2.01. The largest absolute Gasteiger partial charge is 0.385 e. The fraction of sp³-hybridized carbons (Fsp3) is 0.611. The molecule has 1 aromatic carbocycles. The molecule has 0 aliphatic rings. The summed E-state index contributed by atoms with van der Waals surface area (Å²) in [5, 5.41) is 6.71. The summed E-state index contributed by atoms with van der Waals surface area (Å²) in [6.45, 7) is 6.74. The van der Waals surface area contributed by atoms with E-state index in [0.717, 1.165) is 50.9 Å². The van der Waals surface area contributed by atoms with Crippen molar-refractivity contribution >= 4 is 17.7 Å². The van der Waals surface area contributed by atoms with Crippen LogP contribution in [-0.2, 0) is 4.74 Å². The number of likely N-dealkylation sites (N-methyl/N-ethyl adjacent to an activating group) is 1. The fourth-order valence-corrected chi connectivity index (χ4v) is 2.92. The van der Waals surface area contributed by atoms with E-state index in [4.69, 9.17) is 4.74 Å². The predicted molar refractivity (Wildman–Crippen MR) is 105 cm³/mol. The van der Waals surface area contributed by atoms with Gasteiger partial charge < -0.3 is 20.3 Å². The van der Waals surface area contributed by atoms with Crippen molar-refractivity contribution in [3.63, 3.8) is 0 Å². The smallest absolute Gasteiger partial charge is 0.191 e. The number of nitrogens with zero attached hydrogens (tertiary/aromatic N) is 2. The van der Waals surface area contributed by atoms with E-state index in [0.29, 0.717) is 0 Å². The number of benzene rings is 1. The highest BCUT2D eigenvalue weighted by molar-refractivity contribution is 7.99. The number of aryl methyl sites for hydroxylation is 1. The molecule has 0 unspecified atom stereocenters. The third-order valence-corrected chi connectivity index (χ3v) is 4.60. The molecule has 1 aromatic rings. The average Bonchev–Trinajstić information content (AvgIpc) is 2.59. The first-order valence-corrected chi connectivity index (χ1v) is 9.45. The molecule has 1 rings (SSSR count). The molecule has 0 radical (unpaired) electrons. The zero-order chi connectivity index (χ0) is 17.6. The van der Waals surface area contributed by atoms with Gasteiger partial charge in [-0.1, -0.05) is 17.7 Å². The quantitative estimate of drug-likeness (QED) is 0.277. The van der Waals surface area contributed by atoms with E-state index in [1.807, 2.05) is 18.8 Å². The van der Waals surface area contributed by atoms with Crippen LogP contribution in [0.5, 0.6) is 0 Å². The van der Waals surface area contributed by atoms with Crippen molar-refractivity contribution in [3.05, 3.63) is 29.8 Å². The van der Waals surface area contributed by atoms with Gasteiger partial charge in [-0.05, 0) is 32.5 Å². The lowest BCUT2D eigenvalue weighted by Gasteiger charge is -2.18. The number of hydrogen-bond donors (Lipinski definition) is 2. The maximum absolute atomic E-state index is 5.07. The van der Waals surface area contributed by atoms with Gasteiger partial charge in [0.25, 0.3) is 0 Å². The predicted octanol–water partition coefficient (Wildman–Crippen LogP) is 2.22. The molecule has 2 N–H and O–H groups in total. The van der Waals surface area contributed by atoms with Gasteiger partial charge in [0, 0.05) is 57.6 Å². The number of rotatable bonds is 11. The average molecular weight is 353 g/mol. The lowest BCUT2D eigenvalue weighted by Crippen LogP contribution is -2.41. The van der Waals surface area contributed by atoms with Gasteiger partial charge in [0.1, 0.15) is 0 Å². The van der Waals surface area contributed by atoms with Gasteiger partial charge >= 0.3 is 0 Å². The Hall–Kier alpha value is -1.24. The third kappa shape index (κ3) is 9.80. The first kappa shape index (κ1) is 20.8. The van der Waals surface area contributed by atoms with Crippen molar-refractivity contribution in [3.8, 4) is 0 Å². The van der Waals surface area contributed by atoms with Crippen LogP contribution >= 0.6 is 11.8 Å². The molecule has 6 heteroatoms. The second-order valence-corrected chi connectivity index (χ2v) is 6.91. The van der Waals surface area contributed by atoms with E-state index in [-0.39, 0.29) is 0 Å². The van der Waals surface area contributed by atoms with Crippen molar-refractivity contribution in [2.24, 2.45) is 4.99 Å². The second kappa shape index (κ2) is 13.1. The summed E-state index contributed by atoms with van der Waals surface area (Å²) in [6.07, 6.45) is 1.07. The Morgan fingerprint density at radius 3 is 2.54 bits per heavy atom. The molecule has 0 saturated heterocycles. The normalized spacial score (nSPS) is 11.8.